The molecule has 0 unspecified atom stereocenters. The molecule has 0 spiro atoms. The lowest BCUT2D eigenvalue weighted by molar-refractivity contribution is -0.0749. The summed E-state index contributed by atoms with van der Waals surface area (Å²) < 4.78 is 0. The SMILES string of the molecule is O=C(c1cnccn1)N1CC[C@H]2N(CC3CCCC3)CCC[C@]2(CO)C1. The van der Waals surface area contributed by atoms with E-state index in [1.807, 2.05) is 4.90 Å². The predicted molar refractivity (Wildman–Crippen MR) is 98.6 cm³/mol. The van der Waals surface area contributed by atoms with Crippen molar-refractivity contribution in [1.29, 1.82) is 0 Å². The zero-order valence-corrected chi connectivity index (χ0v) is 15.5. The van der Waals surface area contributed by atoms with E-state index in [4.69, 9.17) is 0 Å². The first-order valence-electron chi connectivity index (χ1n) is 10.1. The van der Waals surface area contributed by atoms with E-state index < -0.39 is 0 Å². The first-order chi connectivity index (χ1) is 12.7. The Labute approximate surface area is 155 Å². The van der Waals surface area contributed by atoms with Crippen molar-refractivity contribution < 1.29 is 9.90 Å². The molecule has 4 rings (SSSR count). The van der Waals surface area contributed by atoms with Crippen LogP contribution in [0.1, 0.15) is 55.4 Å². The number of amides is 1. The lowest BCUT2D eigenvalue weighted by Crippen LogP contribution is -2.63. The van der Waals surface area contributed by atoms with Gasteiger partial charge in [-0.1, -0.05) is 12.8 Å². The van der Waals surface area contributed by atoms with Crippen LogP contribution in [-0.2, 0) is 0 Å². The minimum Gasteiger partial charge on any atom is -0.396 e. The molecule has 2 atom stereocenters. The van der Waals surface area contributed by atoms with E-state index in [0.29, 0.717) is 18.3 Å². The molecule has 3 aliphatic rings. The van der Waals surface area contributed by atoms with Gasteiger partial charge in [-0.25, -0.2) is 4.98 Å². The number of carbonyl (C=O) groups is 1. The molecule has 1 amide bonds. The lowest BCUT2D eigenvalue weighted by atomic mass is 9.69. The van der Waals surface area contributed by atoms with Gasteiger partial charge in [-0.05, 0) is 44.6 Å². The van der Waals surface area contributed by atoms with Gasteiger partial charge in [0.25, 0.3) is 5.91 Å². The predicted octanol–water partition coefficient (Wildman–Crippen LogP) is 1.96. The largest absolute Gasteiger partial charge is 0.396 e. The molecule has 26 heavy (non-hydrogen) atoms. The lowest BCUT2D eigenvalue weighted by Gasteiger charge is -2.55. The van der Waals surface area contributed by atoms with Gasteiger partial charge in [-0.15, -0.1) is 0 Å². The number of aliphatic hydroxyl groups is 1. The zero-order chi connectivity index (χ0) is 18.0. The second-order valence-electron chi connectivity index (χ2n) is 8.39. The second kappa shape index (κ2) is 7.61. The average Bonchev–Trinajstić information content (AvgIpc) is 3.21. The maximum Gasteiger partial charge on any atom is 0.274 e. The van der Waals surface area contributed by atoms with Crippen molar-refractivity contribution in [2.24, 2.45) is 11.3 Å². The molecule has 0 radical (unpaired) electrons. The summed E-state index contributed by atoms with van der Waals surface area (Å²) in [5, 5.41) is 10.3. The molecule has 2 aliphatic heterocycles. The molecule has 3 heterocycles. The number of carbonyl (C=O) groups excluding carboxylic acids is 1. The number of hydrogen-bond acceptors (Lipinski definition) is 5. The van der Waals surface area contributed by atoms with Crippen LogP contribution in [0.25, 0.3) is 0 Å². The van der Waals surface area contributed by atoms with Gasteiger partial charge < -0.3 is 10.0 Å². The molecule has 1 saturated carbocycles. The molecule has 1 aliphatic carbocycles. The van der Waals surface area contributed by atoms with Crippen LogP contribution in [0.5, 0.6) is 0 Å². The normalized spacial score (nSPS) is 30.3. The molecule has 1 N–H and O–H groups in total. The summed E-state index contributed by atoms with van der Waals surface area (Å²) >= 11 is 0. The van der Waals surface area contributed by atoms with Gasteiger partial charge in [0.05, 0.1) is 12.8 Å². The number of nitrogens with zero attached hydrogens (tertiary/aromatic N) is 4. The highest BCUT2D eigenvalue weighted by atomic mass is 16.3. The van der Waals surface area contributed by atoms with Crippen LogP contribution in [0.15, 0.2) is 18.6 Å². The van der Waals surface area contributed by atoms with Crippen LogP contribution in [0, 0.1) is 11.3 Å². The maximum absolute atomic E-state index is 12.8. The van der Waals surface area contributed by atoms with Gasteiger partial charge >= 0.3 is 0 Å². The van der Waals surface area contributed by atoms with Gasteiger partial charge in [-0.2, -0.15) is 0 Å². The summed E-state index contributed by atoms with van der Waals surface area (Å²) in [5.74, 6) is 0.765. The summed E-state index contributed by atoms with van der Waals surface area (Å²) in [6.07, 6.45) is 13.2. The van der Waals surface area contributed by atoms with Gasteiger partial charge in [0.2, 0.25) is 0 Å². The van der Waals surface area contributed by atoms with E-state index in [9.17, 15) is 9.90 Å². The van der Waals surface area contributed by atoms with Crippen LogP contribution in [0.2, 0.25) is 0 Å². The van der Waals surface area contributed by atoms with Gasteiger partial charge in [0.1, 0.15) is 5.69 Å². The first kappa shape index (κ1) is 17.9. The number of fused-ring (bicyclic) bond motifs is 1. The van der Waals surface area contributed by atoms with Crippen LogP contribution in [0.3, 0.4) is 0 Å². The molecule has 6 nitrogen and oxygen atoms in total. The number of aliphatic hydroxyl groups excluding tert-OH is 1. The van der Waals surface area contributed by atoms with Crippen molar-refractivity contribution in [1.82, 2.24) is 19.8 Å². The van der Waals surface area contributed by atoms with Crippen molar-refractivity contribution in [2.75, 3.05) is 32.8 Å². The second-order valence-corrected chi connectivity index (χ2v) is 8.39. The molecular weight excluding hydrogens is 328 g/mol. The quantitative estimate of drug-likeness (QED) is 0.891. The third-order valence-electron chi connectivity index (χ3n) is 6.80. The Morgan fingerprint density at radius 1 is 1.19 bits per heavy atom. The standard InChI is InChI=1S/C20H30N4O2/c25-15-20-7-3-10-23(13-16-4-1-2-5-16)18(20)6-11-24(14-20)19(26)17-12-21-8-9-22-17/h8-9,12,16,18,25H,1-7,10-11,13-15H2/t18-,20-/m1/s1. The van der Waals surface area contributed by atoms with Gasteiger partial charge in [0.15, 0.2) is 0 Å². The molecule has 3 fully saturated rings. The Morgan fingerprint density at radius 3 is 2.77 bits per heavy atom. The third-order valence-corrected chi connectivity index (χ3v) is 6.80. The molecule has 142 valence electrons. The van der Waals surface area contributed by atoms with E-state index >= 15 is 0 Å². The monoisotopic (exact) mass is 358 g/mol. The van der Waals surface area contributed by atoms with Crippen molar-refractivity contribution >= 4 is 5.91 Å². The maximum atomic E-state index is 12.8. The fourth-order valence-corrected chi connectivity index (χ4v) is 5.48. The third kappa shape index (κ3) is 3.37. The van der Waals surface area contributed by atoms with Gasteiger partial charge in [0, 0.05) is 43.5 Å². The zero-order valence-electron chi connectivity index (χ0n) is 15.5. The smallest absolute Gasteiger partial charge is 0.274 e. The van der Waals surface area contributed by atoms with E-state index in [2.05, 4.69) is 14.9 Å². The van der Waals surface area contributed by atoms with E-state index in [1.165, 1.54) is 38.4 Å². The van der Waals surface area contributed by atoms with Crippen molar-refractivity contribution in [3.05, 3.63) is 24.3 Å². The summed E-state index contributed by atoms with van der Waals surface area (Å²) in [6, 6.07) is 0.396. The molecule has 1 aromatic rings. The molecular formula is C20H30N4O2. The Hall–Kier alpha value is -1.53. The summed E-state index contributed by atoms with van der Waals surface area (Å²) in [5.41, 5.74) is 0.213. The minimum atomic E-state index is -0.188. The Kier molecular flexibility index (Phi) is 5.23. The van der Waals surface area contributed by atoms with Crippen LogP contribution in [0.4, 0.5) is 0 Å². The number of aromatic nitrogens is 2. The minimum absolute atomic E-state index is 0.0581. The van der Waals surface area contributed by atoms with Crippen molar-refractivity contribution in [3.8, 4) is 0 Å². The fraction of sp³-hybridized carbons (Fsp3) is 0.750. The van der Waals surface area contributed by atoms with Crippen LogP contribution < -0.4 is 0 Å². The van der Waals surface area contributed by atoms with Gasteiger partial charge in [-0.3, -0.25) is 14.7 Å². The number of likely N-dealkylation sites (tertiary alicyclic amines) is 2. The number of piperidine rings is 2. The summed E-state index contributed by atoms with van der Waals surface area (Å²) in [7, 11) is 0. The Balaban J connectivity index is 1.49. The number of hydrogen-bond donors (Lipinski definition) is 1. The van der Waals surface area contributed by atoms with Crippen molar-refractivity contribution in [2.45, 2.75) is 51.0 Å². The highest BCUT2D eigenvalue weighted by molar-refractivity contribution is 5.92. The average molecular weight is 358 g/mol. The summed E-state index contributed by atoms with van der Waals surface area (Å²) in [4.78, 5) is 25.5. The first-order valence-corrected chi connectivity index (χ1v) is 10.1. The highest BCUT2D eigenvalue weighted by Gasteiger charge is 2.49. The molecule has 1 aromatic heterocycles. The Bertz CT molecular complexity index is 619. The van der Waals surface area contributed by atoms with E-state index in [-0.39, 0.29) is 17.9 Å². The van der Waals surface area contributed by atoms with E-state index in [0.717, 1.165) is 38.3 Å². The van der Waals surface area contributed by atoms with Crippen LogP contribution in [-0.4, -0.2) is 69.6 Å². The number of rotatable bonds is 4. The van der Waals surface area contributed by atoms with Crippen LogP contribution >= 0.6 is 0 Å². The van der Waals surface area contributed by atoms with Crippen molar-refractivity contribution in [3.63, 3.8) is 0 Å². The Morgan fingerprint density at radius 2 is 2.04 bits per heavy atom. The fourth-order valence-electron chi connectivity index (χ4n) is 5.48. The highest BCUT2D eigenvalue weighted by Crippen LogP contribution is 2.42. The van der Waals surface area contributed by atoms with E-state index in [1.54, 1.807) is 12.4 Å². The molecule has 6 heteroatoms. The molecule has 2 saturated heterocycles. The topological polar surface area (TPSA) is 69.6 Å². The molecule has 0 bridgehead atoms. The summed E-state index contributed by atoms with van der Waals surface area (Å²) in [6.45, 7) is 3.84. The molecule has 0 aromatic carbocycles.